The van der Waals surface area contributed by atoms with Crippen molar-refractivity contribution in [2.75, 3.05) is 33.3 Å². The molecule has 0 bridgehead atoms. The van der Waals surface area contributed by atoms with Gasteiger partial charge in [-0.3, -0.25) is 4.79 Å². The van der Waals surface area contributed by atoms with Crippen LogP contribution in [-0.2, 0) is 9.53 Å². The molecule has 2 aliphatic rings. The lowest BCUT2D eigenvalue weighted by atomic mass is 10.1. The Labute approximate surface area is 104 Å². The quantitative estimate of drug-likeness (QED) is 0.688. The first-order valence-corrected chi connectivity index (χ1v) is 6.79. The van der Waals surface area contributed by atoms with E-state index in [-0.39, 0.29) is 12.0 Å². The highest BCUT2D eigenvalue weighted by molar-refractivity contribution is 5.81. The minimum Gasteiger partial charge on any atom is -0.366 e. The molecular formula is C13H24N2O2. The van der Waals surface area contributed by atoms with Crippen LogP contribution in [0.5, 0.6) is 0 Å². The molecule has 0 aromatic heterocycles. The van der Waals surface area contributed by atoms with Crippen molar-refractivity contribution in [2.45, 2.75) is 44.8 Å². The van der Waals surface area contributed by atoms with Gasteiger partial charge in [-0.25, -0.2) is 0 Å². The fraction of sp³-hybridized carbons (Fsp3) is 0.923. The number of carbonyl (C=O) groups is 1. The van der Waals surface area contributed by atoms with Crippen LogP contribution in [0.1, 0.15) is 32.6 Å². The molecule has 0 spiro atoms. The molecule has 0 radical (unpaired) electrons. The van der Waals surface area contributed by atoms with Crippen LogP contribution in [0.15, 0.2) is 0 Å². The van der Waals surface area contributed by atoms with Gasteiger partial charge in [-0.05, 0) is 26.8 Å². The standard InChI is InChI=1S/C13H24N2O2/c1-11-6-4-3-5-7-15(11)13(16)12-10-14(2)8-9-17-12/h11-12H,3-10H2,1-2H3/t11-,12+/m0/s1. The van der Waals surface area contributed by atoms with Crippen LogP contribution >= 0.6 is 0 Å². The molecule has 2 rings (SSSR count). The van der Waals surface area contributed by atoms with Crippen LogP contribution in [0.3, 0.4) is 0 Å². The van der Waals surface area contributed by atoms with Gasteiger partial charge < -0.3 is 14.5 Å². The van der Waals surface area contributed by atoms with Crippen molar-refractivity contribution in [1.82, 2.24) is 9.80 Å². The molecule has 2 aliphatic heterocycles. The number of likely N-dealkylation sites (N-methyl/N-ethyl adjacent to an activating group) is 1. The molecule has 98 valence electrons. The minimum atomic E-state index is -0.241. The molecule has 2 fully saturated rings. The summed E-state index contributed by atoms with van der Waals surface area (Å²) in [5.74, 6) is 0.200. The lowest BCUT2D eigenvalue weighted by molar-refractivity contribution is -0.150. The van der Waals surface area contributed by atoms with Crippen molar-refractivity contribution in [3.8, 4) is 0 Å². The first kappa shape index (κ1) is 12.8. The molecule has 0 aliphatic carbocycles. The summed E-state index contributed by atoms with van der Waals surface area (Å²) in [5.41, 5.74) is 0. The Bertz CT molecular complexity index is 270. The van der Waals surface area contributed by atoms with Gasteiger partial charge in [0, 0.05) is 25.7 Å². The van der Waals surface area contributed by atoms with Crippen molar-refractivity contribution in [2.24, 2.45) is 0 Å². The molecule has 0 aromatic rings. The van der Waals surface area contributed by atoms with Gasteiger partial charge in [-0.15, -0.1) is 0 Å². The second kappa shape index (κ2) is 5.83. The van der Waals surface area contributed by atoms with Crippen LogP contribution in [0.2, 0.25) is 0 Å². The maximum atomic E-state index is 12.4. The zero-order valence-corrected chi connectivity index (χ0v) is 11.0. The summed E-state index contributed by atoms with van der Waals surface area (Å²) >= 11 is 0. The largest absolute Gasteiger partial charge is 0.366 e. The van der Waals surface area contributed by atoms with Crippen molar-refractivity contribution < 1.29 is 9.53 Å². The number of amides is 1. The zero-order valence-electron chi connectivity index (χ0n) is 11.0. The smallest absolute Gasteiger partial charge is 0.253 e. The number of carbonyl (C=O) groups excluding carboxylic acids is 1. The van der Waals surface area contributed by atoms with E-state index < -0.39 is 0 Å². The van der Waals surface area contributed by atoms with Gasteiger partial charge in [0.15, 0.2) is 0 Å². The average Bonchev–Trinajstić information content (AvgIpc) is 2.53. The van der Waals surface area contributed by atoms with Crippen LogP contribution in [0.25, 0.3) is 0 Å². The predicted octanol–water partition coefficient (Wildman–Crippen LogP) is 1.11. The highest BCUT2D eigenvalue weighted by Crippen LogP contribution is 2.18. The molecule has 17 heavy (non-hydrogen) atoms. The van der Waals surface area contributed by atoms with Gasteiger partial charge in [-0.2, -0.15) is 0 Å². The number of ether oxygens (including phenoxy) is 1. The van der Waals surface area contributed by atoms with Crippen molar-refractivity contribution in [3.63, 3.8) is 0 Å². The summed E-state index contributed by atoms with van der Waals surface area (Å²) in [6, 6.07) is 0.376. The Hall–Kier alpha value is -0.610. The Morgan fingerprint density at radius 1 is 1.24 bits per heavy atom. The van der Waals surface area contributed by atoms with E-state index in [0.717, 1.165) is 32.5 Å². The van der Waals surface area contributed by atoms with Gasteiger partial charge in [0.2, 0.25) is 0 Å². The zero-order chi connectivity index (χ0) is 12.3. The molecule has 0 saturated carbocycles. The van der Waals surface area contributed by atoms with Crippen molar-refractivity contribution in [3.05, 3.63) is 0 Å². The van der Waals surface area contributed by atoms with Crippen LogP contribution < -0.4 is 0 Å². The molecule has 2 saturated heterocycles. The Morgan fingerprint density at radius 2 is 2.06 bits per heavy atom. The summed E-state index contributed by atoms with van der Waals surface area (Å²) in [4.78, 5) is 16.6. The monoisotopic (exact) mass is 240 g/mol. The summed E-state index contributed by atoms with van der Waals surface area (Å²) in [6.07, 6.45) is 4.53. The maximum Gasteiger partial charge on any atom is 0.253 e. The summed E-state index contributed by atoms with van der Waals surface area (Å²) in [7, 11) is 2.05. The Balaban J connectivity index is 1.97. The maximum absolute atomic E-state index is 12.4. The lowest BCUT2D eigenvalue weighted by Crippen LogP contribution is -2.52. The van der Waals surface area contributed by atoms with Crippen molar-refractivity contribution >= 4 is 5.91 Å². The molecule has 0 unspecified atom stereocenters. The SMILES string of the molecule is C[C@H]1CCCCCN1C(=O)[C@H]1CN(C)CCO1. The average molecular weight is 240 g/mol. The molecule has 2 heterocycles. The number of morpholine rings is 1. The Morgan fingerprint density at radius 3 is 2.82 bits per heavy atom. The van der Waals surface area contributed by atoms with E-state index in [1.165, 1.54) is 12.8 Å². The van der Waals surface area contributed by atoms with E-state index in [1.54, 1.807) is 0 Å². The van der Waals surface area contributed by atoms with Gasteiger partial charge in [0.25, 0.3) is 5.91 Å². The summed E-state index contributed by atoms with van der Waals surface area (Å²) < 4.78 is 5.62. The van der Waals surface area contributed by atoms with Crippen LogP contribution in [0, 0.1) is 0 Å². The third kappa shape index (κ3) is 3.19. The fourth-order valence-corrected chi connectivity index (χ4v) is 2.71. The third-order valence-corrected chi connectivity index (χ3v) is 3.88. The molecule has 4 nitrogen and oxygen atoms in total. The number of rotatable bonds is 1. The van der Waals surface area contributed by atoms with E-state index in [4.69, 9.17) is 4.74 Å². The fourth-order valence-electron chi connectivity index (χ4n) is 2.71. The first-order chi connectivity index (χ1) is 8.18. The first-order valence-electron chi connectivity index (χ1n) is 6.79. The predicted molar refractivity (Wildman–Crippen MR) is 66.9 cm³/mol. The van der Waals surface area contributed by atoms with E-state index in [2.05, 4.69) is 18.9 Å². The van der Waals surface area contributed by atoms with Crippen LogP contribution in [0.4, 0.5) is 0 Å². The highest BCUT2D eigenvalue weighted by atomic mass is 16.5. The van der Waals surface area contributed by atoms with Gasteiger partial charge in [0.1, 0.15) is 6.10 Å². The van der Waals surface area contributed by atoms with Crippen LogP contribution in [-0.4, -0.2) is 61.1 Å². The minimum absolute atomic E-state index is 0.200. The molecule has 4 heteroatoms. The van der Waals surface area contributed by atoms with Crippen molar-refractivity contribution in [1.29, 1.82) is 0 Å². The highest BCUT2D eigenvalue weighted by Gasteiger charge is 2.31. The molecular weight excluding hydrogens is 216 g/mol. The van der Waals surface area contributed by atoms with E-state index in [9.17, 15) is 4.79 Å². The molecule has 0 N–H and O–H groups in total. The molecule has 0 aromatic carbocycles. The third-order valence-electron chi connectivity index (χ3n) is 3.88. The number of nitrogens with zero attached hydrogens (tertiary/aromatic N) is 2. The molecule has 2 atom stereocenters. The van der Waals surface area contributed by atoms with E-state index in [1.807, 2.05) is 4.90 Å². The second-order valence-electron chi connectivity index (χ2n) is 5.35. The second-order valence-corrected chi connectivity index (χ2v) is 5.35. The topological polar surface area (TPSA) is 32.8 Å². The lowest BCUT2D eigenvalue weighted by Gasteiger charge is -2.35. The van der Waals surface area contributed by atoms with E-state index in [0.29, 0.717) is 12.6 Å². The number of hydrogen-bond acceptors (Lipinski definition) is 3. The van der Waals surface area contributed by atoms with Gasteiger partial charge in [-0.1, -0.05) is 12.8 Å². The normalized spacial score (nSPS) is 32.2. The molecule has 1 amide bonds. The Kier molecular flexibility index (Phi) is 4.40. The number of likely N-dealkylation sites (tertiary alicyclic amines) is 1. The van der Waals surface area contributed by atoms with Gasteiger partial charge in [0.05, 0.1) is 6.61 Å². The van der Waals surface area contributed by atoms with Gasteiger partial charge >= 0.3 is 0 Å². The van der Waals surface area contributed by atoms with E-state index >= 15 is 0 Å². The summed E-state index contributed by atoms with van der Waals surface area (Å²) in [5, 5.41) is 0. The number of hydrogen-bond donors (Lipinski definition) is 0. The summed E-state index contributed by atoms with van der Waals surface area (Å²) in [6.45, 7) is 5.41.